The van der Waals surface area contributed by atoms with Crippen molar-refractivity contribution in [3.63, 3.8) is 0 Å². The van der Waals surface area contributed by atoms with Crippen molar-refractivity contribution in [1.29, 1.82) is 0 Å². The van der Waals surface area contributed by atoms with Crippen LogP contribution in [0.5, 0.6) is 17.2 Å². The Hall–Kier alpha value is -2.07. The summed E-state index contributed by atoms with van der Waals surface area (Å²) in [5.74, 6) is 2.25. The van der Waals surface area contributed by atoms with Gasteiger partial charge in [0.25, 0.3) is 0 Å². The minimum Gasteiger partial charge on any atom is -0.497 e. The van der Waals surface area contributed by atoms with E-state index in [0.29, 0.717) is 11.6 Å². The number of nitrogens with one attached hydrogen (secondary N) is 1. The van der Waals surface area contributed by atoms with Crippen LogP contribution in [0.25, 0.3) is 0 Å². The average Bonchev–Trinajstić information content (AvgIpc) is 2.52. The van der Waals surface area contributed by atoms with E-state index in [1.165, 1.54) is 0 Å². The van der Waals surface area contributed by atoms with E-state index in [4.69, 9.17) is 25.8 Å². The Balaban J connectivity index is 2.18. The van der Waals surface area contributed by atoms with Crippen molar-refractivity contribution in [2.24, 2.45) is 0 Å². The zero-order chi connectivity index (χ0) is 15.2. The molecular formula is C16H18ClNO3. The fourth-order valence-electron chi connectivity index (χ4n) is 1.98. The summed E-state index contributed by atoms with van der Waals surface area (Å²) in [6.45, 7) is 0.601. The van der Waals surface area contributed by atoms with Gasteiger partial charge in [-0.1, -0.05) is 11.6 Å². The quantitative estimate of drug-likeness (QED) is 0.876. The predicted molar refractivity (Wildman–Crippen MR) is 84.9 cm³/mol. The lowest BCUT2D eigenvalue weighted by Gasteiger charge is -2.13. The first-order valence-corrected chi connectivity index (χ1v) is 6.83. The van der Waals surface area contributed by atoms with E-state index in [2.05, 4.69) is 5.32 Å². The third-order valence-electron chi connectivity index (χ3n) is 3.06. The molecular weight excluding hydrogens is 290 g/mol. The highest BCUT2D eigenvalue weighted by Gasteiger charge is 2.06. The number of hydrogen-bond acceptors (Lipinski definition) is 4. The molecule has 0 heterocycles. The number of anilines is 1. The number of halogens is 1. The lowest BCUT2D eigenvalue weighted by molar-refractivity contribution is 0.393. The van der Waals surface area contributed by atoms with Crippen LogP contribution in [0.15, 0.2) is 36.4 Å². The molecule has 0 bridgehead atoms. The fraction of sp³-hybridized carbons (Fsp3) is 0.250. The van der Waals surface area contributed by atoms with E-state index in [9.17, 15) is 0 Å². The summed E-state index contributed by atoms with van der Waals surface area (Å²) in [5.41, 5.74) is 1.88. The number of rotatable bonds is 6. The summed E-state index contributed by atoms with van der Waals surface area (Å²) in [4.78, 5) is 0. The van der Waals surface area contributed by atoms with Crippen molar-refractivity contribution in [3.05, 3.63) is 47.0 Å². The maximum atomic E-state index is 6.02. The molecule has 0 saturated carbocycles. The molecule has 0 radical (unpaired) electrons. The van der Waals surface area contributed by atoms with Gasteiger partial charge in [0.2, 0.25) is 0 Å². The van der Waals surface area contributed by atoms with Gasteiger partial charge in [0, 0.05) is 17.6 Å². The van der Waals surface area contributed by atoms with Gasteiger partial charge >= 0.3 is 0 Å². The highest BCUT2D eigenvalue weighted by Crippen LogP contribution is 2.29. The van der Waals surface area contributed by atoms with Crippen molar-refractivity contribution in [3.8, 4) is 17.2 Å². The Labute approximate surface area is 129 Å². The zero-order valence-electron chi connectivity index (χ0n) is 12.3. The van der Waals surface area contributed by atoms with Gasteiger partial charge in [-0.2, -0.15) is 0 Å². The second-order valence-electron chi connectivity index (χ2n) is 4.42. The van der Waals surface area contributed by atoms with E-state index in [1.54, 1.807) is 27.4 Å². The zero-order valence-corrected chi connectivity index (χ0v) is 13.0. The molecule has 0 aromatic heterocycles. The Bertz CT molecular complexity index is 594. The van der Waals surface area contributed by atoms with E-state index in [-0.39, 0.29) is 0 Å². The van der Waals surface area contributed by atoms with E-state index < -0.39 is 0 Å². The second kappa shape index (κ2) is 7.09. The van der Waals surface area contributed by atoms with E-state index in [0.717, 1.165) is 28.5 Å². The number of hydrogen-bond donors (Lipinski definition) is 1. The maximum Gasteiger partial charge on any atom is 0.142 e. The highest BCUT2D eigenvalue weighted by molar-refractivity contribution is 6.30. The Morgan fingerprint density at radius 2 is 1.57 bits per heavy atom. The lowest BCUT2D eigenvalue weighted by atomic mass is 10.2. The molecule has 0 spiro atoms. The molecule has 2 aromatic carbocycles. The van der Waals surface area contributed by atoms with Crippen LogP contribution in [0, 0.1) is 0 Å². The molecule has 4 nitrogen and oxygen atoms in total. The monoisotopic (exact) mass is 307 g/mol. The van der Waals surface area contributed by atoms with Crippen LogP contribution in [0.2, 0.25) is 5.02 Å². The first kappa shape index (κ1) is 15.3. The number of ether oxygens (including phenoxy) is 3. The summed E-state index contributed by atoms with van der Waals surface area (Å²) < 4.78 is 15.8. The molecule has 0 aliphatic heterocycles. The SMILES string of the molecule is COc1cc(CNc2cc(Cl)ccc2OC)cc(OC)c1. The first-order chi connectivity index (χ1) is 10.2. The molecule has 0 amide bonds. The molecule has 21 heavy (non-hydrogen) atoms. The van der Waals surface area contributed by atoms with Gasteiger partial charge < -0.3 is 19.5 Å². The van der Waals surface area contributed by atoms with Crippen LogP contribution >= 0.6 is 11.6 Å². The smallest absolute Gasteiger partial charge is 0.142 e. The normalized spacial score (nSPS) is 10.1. The van der Waals surface area contributed by atoms with E-state index >= 15 is 0 Å². The molecule has 2 aromatic rings. The molecule has 0 saturated heterocycles. The van der Waals surface area contributed by atoms with Crippen molar-refractivity contribution in [1.82, 2.24) is 0 Å². The van der Waals surface area contributed by atoms with Crippen molar-refractivity contribution < 1.29 is 14.2 Å². The van der Waals surface area contributed by atoms with Crippen molar-refractivity contribution >= 4 is 17.3 Å². The molecule has 0 aliphatic rings. The summed E-state index contributed by atoms with van der Waals surface area (Å²) in [6.07, 6.45) is 0. The fourth-order valence-corrected chi connectivity index (χ4v) is 2.16. The average molecular weight is 308 g/mol. The van der Waals surface area contributed by atoms with Crippen molar-refractivity contribution in [2.45, 2.75) is 6.54 Å². The summed E-state index contributed by atoms with van der Waals surface area (Å²) in [5, 5.41) is 3.96. The molecule has 0 fully saturated rings. The van der Waals surface area contributed by atoms with Gasteiger partial charge in [-0.25, -0.2) is 0 Å². The lowest BCUT2D eigenvalue weighted by Crippen LogP contribution is -2.02. The molecule has 5 heteroatoms. The number of benzene rings is 2. The predicted octanol–water partition coefficient (Wildman–Crippen LogP) is 3.98. The third kappa shape index (κ3) is 3.95. The van der Waals surface area contributed by atoms with E-state index in [1.807, 2.05) is 30.3 Å². The third-order valence-corrected chi connectivity index (χ3v) is 3.29. The molecule has 0 unspecified atom stereocenters. The van der Waals surface area contributed by atoms with Gasteiger partial charge in [-0.05, 0) is 35.9 Å². The molecule has 1 N–H and O–H groups in total. The number of methoxy groups -OCH3 is 3. The van der Waals surface area contributed by atoms with Crippen molar-refractivity contribution in [2.75, 3.05) is 26.6 Å². The van der Waals surface area contributed by atoms with Crippen LogP contribution in [-0.4, -0.2) is 21.3 Å². The van der Waals surface area contributed by atoms with Crippen LogP contribution in [-0.2, 0) is 6.54 Å². The van der Waals surface area contributed by atoms with Gasteiger partial charge in [0.15, 0.2) is 0 Å². The molecule has 112 valence electrons. The van der Waals surface area contributed by atoms with Crippen LogP contribution < -0.4 is 19.5 Å². The standard InChI is InChI=1S/C16H18ClNO3/c1-19-13-6-11(7-14(9-13)20-2)10-18-15-8-12(17)4-5-16(15)21-3/h4-9,18H,10H2,1-3H3. The maximum absolute atomic E-state index is 6.02. The minimum absolute atomic E-state index is 0.601. The largest absolute Gasteiger partial charge is 0.497 e. The van der Waals surface area contributed by atoms with Gasteiger partial charge in [0.05, 0.1) is 27.0 Å². The molecule has 2 rings (SSSR count). The first-order valence-electron chi connectivity index (χ1n) is 6.45. The highest BCUT2D eigenvalue weighted by atomic mass is 35.5. The van der Waals surface area contributed by atoms with Gasteiger partial charge in [-0.15, -0.1) is 0 Å². The summed E-state index contributed by atoms with van der Waals surface area (Å²) >= 11 is 6.02. The second-order valence-corrected chi connectivity index (χ2v) is 4.86. The van der Waals surface area contributed by atoms with Gasteiger partial charge in [0.1, 0.15) is 17.2 Å². The molecule has 0 atom stereocenters. The Kier molecular flexibility index (Phi) is 5.17. The molecule has 0 aliphatic carbocycles. The summed E-state index contributed by atoms with van der Waals surface area (Å²) in [6, 6.07) is 11.2. The Morgan fingerprint density at radius 1 is 0.905 bits per heavy atom. The van der Waals surface area contributed by atoms with Crippen LogP contribution in [0.1, 0.15) is 5.56 Å². The summed E-state index contributed by atoms with van der Waals surface area (Å²) in [7, 11) is 4.89. The minimum atomic E-state index is 0.601. The van der Waals surface area contributed by atoms with Gasteiger partial charge in [-0.3, -0.25) is 0 Å². The van der Waals surface area contributed by atoms with Crippen LogP contribution in [0.4, 0.5) is 5.69 Å². The van der Waals surface area contributed by atoms with Crippen LogP contribution in [0.3, 0.4) is 0 Å². The Morgan fingerprint density at radius 3 is 2.14 bits per heavy atom. The topological polar surface area (TPSA) is 39.7 Å².